The van der Waals surface area contributed by atoms with Gasteiger partial charge in [-0.3, -0.25) is 14.8 Å². The van der Waals surface area contributed by atoms with Crippen LogP contribution in [0.25, 0.3) is 70.4 Å². The van der Waals surface area contributed by atoms with Crippen molar-refractivity contribution in [1.82, 2.24) is 14.4 Å². The van der Waals surface area contributed by atoms with E-state index in [-0.39, 0.29) is 5.43 Å². The maximum Gasteiger partial charge on any atom is 0.194 e. The van der Waals surface area contributed by atoms with Crippen molar-refractivity contribution in [2.24, 2.45) is 23.7 Å². The van der Waals surface area contributed by atoms with Crippen LogP contribution in [-0.4, -0.2) is 14.4 Å². The van der Waals surface area contributed by atoms with E-state index in [4.69, 9.17) is 9.97 Å². The molecule has 0 saturated heterocycles. The zero-order chi connectivity index (χ0) is 31.4. The van der Waals surface area contributed by atoms with Gasteiger partial charge in [0.25, 0.3) is 0 Å². The summed E-state index contributed by atoms with van der Waals surface area (Å²) < 4.78 is 2.58. The largest absolute Gasteiger partial charge is 0.305 e. The third kappa shape index (κ3) is 2.90. The number of rotatable bonds is 0. The summed E-state index contributed by atoms with van der Waals surface area (Å²) in [5, 5.41) is 11.8. The Labute approximate surface area is 283 Å². The molecular formula is C45H37N3O. The second-order valence-electron chi connectivity index (χ2n) is 17.7. The van der Waals surface area contributed by atoms with E-state index in [0.717, 1.165) is 45.2 Å². The van der Waals surface area contributed by atoms with E-state index in [0.29, 0.717) is 23.7 Å². The SMILES string of the molecule is O=c1c2cccc3cccc(c32)c2c1cc1c3c4c(ncc3n3c5cnc6c(c5c2c13)C1CC2CC(CC6C2)C1)C1CC2CC(C1)CC4C2. The average molecular weight is 636 g/mol. The molecule has 0 radical (unpaired) electrons. The Balaban J connectivity index is 1.26. The van der Waals surface area contributed by atoms with Crippen LogP contribution in [0.5, 0.6) is 0 Å². The van der Waals surface area contributed by atoms with E-state index in [1.165, 1.54) is 136 Å². The zero-order valence-electron chi connectivity index (χ0n) is 27.6. The van der Waals surface area contributed by atoms with Crippen LogP contribution in [0, 0.1) is 23.7 Å². The molecule has 4 fully saturated rings. The molecule has 16 rings (SSSR count). The van der Waals surface area contributed by atoms with Crippen molar-refractivity contribution in [2.45, 2.75) is 87.9 Å². The fraction of sp³-hybridized carbons (Fsp3) is 0.400. The molecule has 8 aromatic rings. The summed E-state index contributed by atoms with van der Waals surface area (Å²) in [7, 11) is 0. The smallest absolute Gasteiger partial charge is 0.194 e. The van der Waals surface area contributed by atoms with Crippen molar-refractivity contribution in [3.63, 3.8) is 0 Å². The molecule has 8 bridgehead atoms. The first-order valence-electron chi connectivity index (χ1n) is 19.3. The first-order valence-corrected chi connectivity index (χ1v) is 19.3. The number of benzene rings is 4. The topological polar surface area (TPSA) is 47.3 Å². The molecule has 8 aliphatic rings. The summed E-state index contributed by atoms with van der Waals surface area (Å²) in [4.78, 5) is 25.8. The van der Waals surface area contributed by atoms with E-state index in [9.17, 15) is 4.79 Å². The highest BCUT2D eigenvalue weighted by atomic mass is 16.1. The van der Waals surface area contributed by atoms with Gasteiger partial charge in [-0.1, -0.05) is 36.4 Å². The Morgan fingerprint density at radius 1 is 0.510 bits per heavy atom. The monoisotopic (exact) mass is 635 g/mol. The highest BCUT2D eigenvalue weighted by Gasteiger charge is 2.46. The summed E-state index contributed by atoms with van der Waals surface area (Å²) in [5.74, 6) is 5.59. The molecule has 0 spiro atoms. The van der Waals surface area contributed by atoms with Crippen LogP contribution in [0.2, 0.25) is 0 Å². The Kier molecular flexibility index (Phi) is 4.36. The van der Waals surface area contributed by atoms with E-state index in [1.54, 1.807) is 0 Å². The fourth-order valence-corrected chi connectivity index (χ4v) is 14.1. The molecule has 238 valence electrons. The Bertz CT molecular complexity index is 2850. The highest BCUT2D eigenvalue weighted by Crippen LogP contribution is 2.61. The molecule has 4 aromatic heterocycles. The molecule has 0 amide bonds. The zero-order valence-corrected chi connectivity index (χ0v) is 27.6. The van der Waals surface area contributed by atoms with Gasteiger partial charge in [-0.05, 0) is 128 Å². The lowest BCUT2D eigenvalue weighted by atomic mass is 9.67. The standard InChI is InChI=1S/C45H37N3O/c49-45-30-6-2-4-24-3-1-5-29(35(24)30)38-32(45)17-31-39-33(18-46-42-27-13-20-7-21(14-27)10-25(9-20)36(39)42)48-34-19-47-43-28-15-22-8-23(16-28)12-26(11-22)37(43)40(34)41(38)44(31)48/h1-6,17-23,25-28H,7-16H2. The number of pyridine rings is 2. The van der Waals surface area contributed by atoms with Crippen molar-refractivity contribution in [3.05, 3.63) is 87.6 Å². The van der Waals surface area contributed by atoms with Gasteiger partial charge in [0, 0.05) is 66.3 Å². The second-order valence-corrected chi connectivity index (χ2v) is 17.7. The van der Waals surface area contributed by atoms with Crippen molar-refractivity contribution in [2.75, 3.05) is 0 Å². The van der Waals surface area contributed by atoms with Crippen molar-refractivity contribution < 1.29 is 0 Å². The molecule has 4 heterocycles. The van der Waals surface area contributed by atoms with E-state index in [1.807, 2.05) is 0 Å². The molecule has 8 aliphatic carbocycles. The van der Waals surface area contributed by atoms with Gasteiger partial charge in [-0.2, -0.15) is 0 Å². The molecule has 0 N–H and O–H groups in total. The third-order valence-electron chi connectivity index (χ3n) is 15.3. The van der Waals surface area contributed by atoms with Gasteiger partial charge in [0.1, 0.15) is 0 Å². The lowest BCUT2D eigenvalue weighted by Gasteiger charge is -2.38. The minimum atomic E-state index is 0.187. The molecule has 4 unspecified atom stereocenters. The Morgan fingerprint density at radius 3 is 1.69 bits per heavy atom. The maximum absolute atomic E-state index is 14.9. The van der Waals surface area contributed by atoms with Gasteiger partial charge >= 0.3 is 0 Å². The summed E-state index contributed by atoms with van der Waals surface area (Å²) >= 11 is 0. The minimum absolute atomic E-state index is 0.187. The van der Waals surface area contributed by atoms with Gasteiger partial charge in [-0.15, -0.1) is 0 Å². The summed E-state index contributed by atoms with van der Waals surface area (Å²) in [6, 6.07) is 15.3. The van der Waals surface area contributed by atoms with Gasteiger partial charge in [0.2, 0.25) is 0 Å². The van der Waals surface area contributed by atoms with E-state index < -0.39 is 0 Å². The molecule has 4 nitrogen and oxygen atoms in total. The molecule has 0 aliphatic heterocycles. The second kappa shape index (κ2) is 8.34. The number of hydrogen-bond acceptors (Lipinski definition) is 3. The van der Waals surface area contributed by atoms with Crippen LogP contribution >= 0.6 is 0 Å². The Hall–Kier alpha value is -4.31. The Morgan fingerprint density at radius 2 is 1.06 bits per heavy atom. The van der Waals surface area contributed by atoms with Crippen LogP contribution < -0.4 is 5.43 Å². The van der Waals surface area contributed by atoms with Crippen molar-refractivity contribution in [1.29, 1.82) is 0 Å². The third-order valence-corrected chi connectivity index (χ3v) is 15.3. The van der Waals surface area contributed by atoms with Crippen LogP contribution in [0.4, 0.5) is 0 Å². The molecule has 49 heavy (non-hydrogen) atoms. The summed E-state index contributed by atoms with van der Waals surface area (Å²) in [6.45, 7) is 0. The highest BCUT2D eigenvalue weighted by molar-refractivity contribution is 6.38. The molecule has 4 aromatic carbocycles. The molecule has 4 heteroatoms. The first kappa shape index (κ1) is 25.6. The molecular weight excluding hydrogens is 599 g/mol. The minimum Gasteiger partial charge on any atom is -0.305 e. The van der Waals surface area contributed by atoms with Crippen molar-refractivity contribution in [3.8, 4) is 0 Å². The fourth-order valence-electron chi connectivity index (χ4n) is 14.1. The van der Waals surface area contributed by atoms with Gasteiger partial charge < -0.3 is 4.40 Å². The van der Waals surface area contributed by atoms with Crippen LogP contribution in [0.1, 0.15) is 110 Å². The number of fused-ring (bicyclic) bond motifs is 9. The van der Waals surface area contributed by atoms with Gasteiger partial charge in [0.15, 0.2) is 5.43 Å². The van der Waals surface area contributed by atoms with Gasteiger partial charge in [0.05, 0.1) is 28.9 Å². The summed E-state index contributed by atoms with van der Waals surface area (Å²) in [6.07, 6.45) is 17.7. The predicted octanol–water partition coefficient (Wildman–Crippen LogP) is 10.7. The quantitative estimate of drug-likeness (QED) is 0.123. The van der Waals surface area contributed by atoms with E-state index in [2.05, 4.69) is 59.3 Å². The number of aromatic nitrogens is 3. The van der Waals surface area contributed by atoms with E-state index >= 15 is 0 Å². The van der Waals surface area contributed by atoms with Crippen molar-refractivity contribution >= 4 is 70.4 Å². The van der Waals surface area contributed by atoms with Crippen LogP contribution in [-0.2, 0) is 0 Å². The van der Waals surface area contributed by atoms with Crippen LogP contribution in [0.15, 0.2) is 59.7 Å². The lowest BCUT2D eigenvalue weighted by Crippen LogP contribution is -2.25. The predicted molar refractivity (Wildman–Crippen MR) is 198 cm³/mol. The lowest BCUT2D eigenvalue weighted by molar-refractivity contribution is 0.165. The normalized spacial score (nSPS) is 31.3. The molecule has 4 atom stereocenters. The number of hydrogen-bond donors (Lipinski definition) is 0. The maximum atomic E-state index is 14.9. The summed E-state index contributed by atoms with van der Waals surface area (Å²) in [5.41, 5.74) is 9.82. The van der Waals surface area contributed by atoms with Crippen LogP contribution in [0.3, 0.4) is 0 Å². The number of nitrogens with zero attached hydrogens (tertiary/aromatic N) is 3. The van der Waals surface area contributed by atoms with Gasteiger partial charge in [-0.25, -0.2) is 0 Å². The molecule has 4 saturated carbocycles. The average Bonchev–Trinajstić information content (AvgIpc) is 3.49. The first-order chi connectivity index (χ1) is 24.2.